The zero-order valence-corrected chi connectivity index (χ0v) is 16.5. The average Bonchev–Trinajstić information content (AvgIpc) is 3.24. The third-order valence-corrected chi connectivity index (χ3v) is 7.78. The predicted molar refractivity (Wildman–Crippen MR) is 96.5 cm³/mol. The van der Waals surface area contributed by atoms with Crippen molar-refractivity contribution >= 4 is 6.09 Å². The van der Waals surface area contributed by atoms with Gasteiger partial charge in [-0.25, -0.2) is 4.79 Å². The van der Waals surface area contributed by atoms with E-state index in [1.54, 1.807) is 0 Å². The summed E-state index contributed by atoms with van der Waals surface area (Å²) >= 11 is 0. The number of carbonyl (C=O) groups is 1. The molecule has 0 aromatic rings. The molecule has 7 rings (SSSR count). The van der Waals surface area contributed by atoms with Crippen LogP contribution < -0.4 is 0 Å². The molecule has 0 aromatic carbocycles. The second-order valence-electron chi connectivity index (χ2n) is 10.9. The normalized spacial score (nSPS) is 49.2. The van der Waals surface area contributed by atoms with Gasteiger partial charge in [-0.1, -0.05) is 5.22 Å². The lowest BCUT2D eigenvalue weighted by Crippen LogP contribution is -2.64. The van der Waals surface area contributed by atoms with E-state index in [4.69, 9.17) is 14.8 Å². The minimum Gasteiger partial charge on any atom is -0.442 e. The third-order valence-electron chi connectivity index (χ3n) is 7.78. The highest BCUT2D eigenvalue weighted by molar-refractivity contribution is 5.68. The quantitative estimate of drug-likeness (QED) is 0.702. The lowest BCUT2D eigenvalue weighted by Gasteiger charge is -2.60. The Kier molecular flexibility index (Phi) is 3.17. The van der Waals surface area contributed by atoms with Crippen LogP contribution in [0.2, 0.25) is 0 Å². The highest BCUT2D eigenvalue weighted by Gasteiger charge is 2.65. The van der Waals surface area contributed by atoms with E-state index >= 15 is 0 Å². The number of hydrogen-bond acceptors (Lipinski definition) is 6. The SMILES string of the molecule is CC(C)(C)OC(=O)N1O[C@H]2C[C@@H]1[C@@H]1N=NN(C34CC5CC(CC(C5)C3)C4)[C@@H]12. The first-order valence-electron chi connectivity index (χ1n) is 10.7. The number of hydrogen-bond donors (Lipinski definition) is 0. The van der Waals surface area contributed by atoms with E-state index in [1.165, 1.54) is 43.6 Å². The first kappa shape index (κ1) is 16.6. The summed E-state index contributed by atoms with van der Waals surface area (Å²) in [5, 5.41) is 13.2. The first-order chi connectivity index (χ1) is 12.8. The molecule has 0 N–H and O–H groups in total. The molecule has 4 atom stereocenters. The maximum atomic E-state index is 12.5. The fraction of sp³-hybridized carbons (Fsp3) is 0.950. The predicted octanol–water partition coefficient (Wildman–Crippen LogP) is 3.70. The van der Waals surface area contributed by atoms with Gasteiger partial charge in [0.05, 0.1) is 11.6 Å². The Morgan fingerprint density at radius 3 is 2.30 bits per heavy atom. The summed E-state index contributed by atoms with van der Waals surface area (Å²) in [5.74, 6) is 2.63. The van der Waals surface area contributed by atoms with Crippen molar-refractivity contribution in [3.63, 3.8) is 0 Å². The van der Waals surface area contributed by atoms with Crippen molar-refractivity contribution in [3.05, 3.63) is 0 Å². The van der Waals surface area contributed by atoms with E-state index in [1.807, 2.05) is 20.8 Å². The number of rotatable bonds is 1. The van der Waals surface area contributed by atoms with Crippen LogP contribution in [0.15, 0.2) is 10.3 Å². The van der Waals surface area contributed by atoms with Crippen molar-refractivity contribution < 1.29 is 14.4 Å². The lowest BCUT2D eigenvalue weighted by molar-refractivity contribution is -0.203. The van der Waals surface area contributed by atoms with Gasteiger partial charge in [0.2, 0.25) is 0 Å². The smallest absolute Gasteiger partial charge is 0.434 e. The minimum atomic E-state index is -0.524. The Hall–Kier alpha value is -1.37. The number of ether oxygens (including phenoxy) is 1. The first-order valence-corrected chi connectivity index (χ1v) is 10.7. The van der Waals surface area contributed by atoms with Gasteiger partial charge in [-0.15, -0.1) is 0 Å². The molecule has 7 aliphatic rings. The van der Waals surface area contributed by atoms with Gasteiger partial charge in [0.25, 0.3) is 0 Å². The topological polar surface area (TPSA) is 66.7 Å². The van der Waals surface area contributed by atoms with Gasteiger partial charge in [0.1, 0.15) is 23.8 Å². The number of hydroxylamine groups is 2. The summed E-state index contributed by atoms with van der Waals surface area (Å²) in [6.07, 6.45) is 8.54. The van der Waals surface area contributed by atoms with E-state index in [9.17, 15) is 4.79 Å². The van der Waals surface area contributed by atoms with Crippen LogP contribution in [-0.4, -0.2) is 51.5 Å². The minimum absolute atomic E-state index is 0.00415. The Balaban J connectivity index is 1.23. The molecule has 6 fully saturated rings. The molecule has 0 spiro atoms. The highest BCUT2D eigenvalue weighted by atomic mass is 16.7. The van der Waals surface area contributed by atoms with Crippen LogP contribution in [0.3, 0.4) is 0 Å². The zero-order chi connectivity index (χ0) is 18.6. The highest BCUT2D eigenvalue weighted by Crippen LogP contribution is 2.60. The van der Waals surface area contributed by atoms with Gasteiger partial charge >= 0.3 is 6.09 Å². The molecule has 27 heavy (non-hydrogen) atoms. The number of carbonyl (C=O) groups excluding carboxylic acids is 1. The van der Waals surface area contributed by atoms with Gasteiger partial charge in [0.15, 0.2) is 0 Å². The molecule has 148 valence electrons. The molecule has 5 saturated carbocycles. The largest absolute Gasteiger partial charge is 0.442 e. The molecule has 1 saturated heterocycles. The standard InChI is InChI=1S/C20H30N4O3/c1-19(2,3)26-18(25)23-14-7-15(27-23)17-16(14)21-22-24(17)20-8-11-4-12(9-20)6-13(5-11)10-20/h11-17H,4-10H2,1-3H3/t11?,12?,13?,14-,15+,16+,17-,20?/m1/s1. The van der Waals surface area contributed by atoms with Crippen molar-refractivity contribution in [2.24, 2.45) is 28.1 Å². The third kappa shape index (κ3) is 2.33. The summed E-state index contributed by atoms with van der Waals surface area (Å²) in [6.45, 7) is 5.64. The van der Waals surface area contributed by atoms with Crippen LogP contribution in [0.1, 0.15) is 65.7 Å². The van der Waals surface area contributed by atoms with Crippen LogP contribution in [0.4, 0.5) is 4.79 Å². The van der Waals surface area contributed by atoms with Crippen LogP contribution in [0.25, 0.3) is 0 Å². The number of amides is 1. The summed E-state index contributed by atoms with van der Waals surface area (Å²) in [4.78, 5) is 18.6. The van der Waals surface area contributed by atoms with Gasteiger partial charge < -0.3 is 4.74 Å². The lowest BCUT2D eigenvalue weighted by atomic mass is 9.52. The zero-order valence-electron chi connectivity index (χ0n) is 16.5. The fourth-order valence-corrected chi connectivity index (χ4v) is 7.39. The molecule has 0 radical (unpaired) electrons. The van der Waals surface area contributed by atoms with Gasteiger partial charge in [-0.2, -0.15) is 10.2 Å². The second-order valence-corrected chi connectivity index (χ2v) is 10.9. The van der Waals surface area contributed by atoms with Crippen LogP contribution in [-0.2, 0) is 9.57 Å². The Morgan fingerprint density at radius 1 is 1.07 bits per heavy atom. The second kappa shape index (κ2) is 5.16. The maximum Gasteiger partial charge on any atom is 0.434 e. The van der Waals surface area contributed by atoms with Crippen molar-refractivity contribution in [3.8, 4) is 0 Å². The van der Waals surface area contributed by atoms with E-state index in [0.29, 0.717) is 0 Å². The molecule has 7 nitrogen and oxygen atoms in total. The average molecular weight is 374 g/mol. The van der Waals surface area contributed by atoms with Crippen molar-refractivity contribution in [1.82, 2.24) is 10.1 Å². The molecule has 0 unspecified atom stereocenters. The van der Waals surface area contributed by atoms with E-state index in [0.717, 1.165) is 24.2 Å². The molecule has 2 aliphatic heterocycles. The van der Waals surface area contributed by atoms with Crippen LogP contribution in [0, 0.1) is 17.8 Å². The molecule has 0 aromatic heterocycles. The number of fused-ring (bicyclic) bond motifs is 5. The number of nitrogens with zero attached hydrogens (tertiary/aromatic N) is 4. The summed E-state index contributed by atoms with van der Waals surface area (Å²) < 4.78 is 5.53. The molecule has 5 aliphatic carbocycles. The van der Waals surface area contributed by atoms with Crippen molar-refractivity contribution in [2.75, 3.05) is 0 Å². The molecule has 6 bridgehead atoms. The monoisotopic (exact) mass is 374 g/mol. The van der Waals surface area contributed by atoms with Gasteiger partial charge in [-0.3, -0.25) is 9.85 Å². The van der Waals surface area contributed by atoms with Crippen LogP contribution >= 0.6 is 0 Å². The molecule has 1 amide bonds. The maximum absolute atomic E-state index is 12.5. The Bertz CT molecular complexity index is 667. The van der Waals surface area contributed by atoms with E-state index in [2.05, 4.69) is 10.1 Å². The fourth-order valence-electron chi connectivity index (χ4n) is 7.39. The summed E-state index contributed by atoms with van der Waals surface area (Å²) in [5.41, 5.74) is -0.327. The summed E-state index contributed by atoms with van der Waals surface area (Å²) in [6, 6.07) is 0.187. The van der Waals surface area contributed by atoms with E-state index in [-0.39, 0.29) is 29.8 Å². The Morgan fingerprint density at radius 2 is 1.70 bits per heavy atom. The van der Waals surface area contributed by atoms with Crippen LogP contribution in [0.5, 0.6) is 0 Å². The van der Waals surface area contributed by atoms with E-state index < -0.39 is 11.7 Å². The molecule has 2 heterocycles. The molecular formula is C20H30N4O3. The van der Waals surface area contributed by atoms with Crippen molar-refractivity contribution in [2.45, 2.75) is 101 Å². The van der Waals surface area contributed by atoms with Gasteiger partial charge in [0, 0.05) is 6.42 Å². The van der Waals surface area contributed by atoms with Gasteiger partial charge in [-0.05, 0) is 77.0 Å². The Labute approximate surface area is 160 Å². The van der Waals surface area contributed by atoms with Crippen molar-refractivity contribution in [1.29, 1.82) is 0 Å². The molecule has 7 heteroatoms. The molecular weight excluding hydrogens is 344 g/mol. The summed E-state index contributed by atoms with van der Waals surface area (Å²) in [7, 11) is 0.